The normalized spacial score (nSPS) is 31.1. The second kappa shape index (κ2) is 40.1. The van der Waals surface area contributed by atoms with E-state index in [0.29, 0.717) is 22.7 Å². The van der Waals surface area contributed by atoms with E-state index in [1.165, 1.54) is 116 Å². The number of esters is 7. The summed E-state index contributed by atoms with van der Waals surface area (Å²) in [7, 11) is 0. The molecule has 0 spiro atoms. The van der Waals surface area contributed by atoms with Gasteiger partial charge in [0.15, 0.2) is 0 Å². The lowest BCUT2D eigenvalue weighted by atomic mass is 9.70. The fourth-order valence-electron chi connectivity index (χ4n) is 17.7. The van der Waals surface area contributed by atoms with Crippen LogP contribution in [0.4, 0.5) is 0 Å². The Balaban J connectivity index is 0.000000217. The Labute approximate surface area is 629 Å². The monoisotopic (exact) mass is 1450 g/mol. The van der Waals surface area contributed by atoms with Gasteiger partial charge in [-0.1, -0.05) is 131 Å². The number of fused-ring (bicyclic) bond motifs is 8. The molecule has 0 aliphatic heterocycles. The second-order valence-electron chi connectivity index (χ2n) is 38.0. The van der Waals surface area contributed by atoms with Gasteiger partial charge in [0.1, 0.15) is 42.7 Å². The fourth-order valence-corrected chi connectivity index (χ4v) is 17.7. The molecule has 0 radical (unpaired) electrons. The van der Waals surface area contributed by atoms with Crippen LogP contribution >= 0.6 is 0 Å². The summed E-state index contributed by atoms with van der Waals surface area (Å²) in [6, 6.07) is 0. The van der Waals surface area contributed by atoms with Crippen LogP contribution in [0.25, 0.3) is 0 Å². The van der Waals surface area contributed by atoms with Crippen LogP contribution in [0, 0.1) is 97.1 Å². The molecule has 0 heterocycles. The minimum atomic E-state index is -0.345. The minimum absolute atomic E-state index is 0.00192. The highest BCUT2D eigenvalue weighted by molar-refractivity contribution is 5.77. The molecule has 0 aromatic carbocycles. The van der Waals surface area contributed by atoms with E-state index >= 15 is 0 Å². The standard InChI is InChI=1S/C16H28O2.C15H26O2.C13H22O2.C12H20O2.C12H22O2.C11H20O2.C10H18O2/c1-7-14(2,3)13(17)18-12-10-11-8-9-16(12,6)15(11,4)5;1-6-10(2)13(16)17-12-9-11-7-8-15(12,5)14(11,3)4;1-4-13(2,3)12(14)15-11-8-9-5-6-10(11)7-9;1-3-8(2)12(13)14-11-7-9-4-5-10(11)6-9;1-4-12(2,3)11(13)14-10-8-6-5-7-9-10;1-3-9(2)11(12)13-10-7-5-4-6-8-10;1-3-8(2)10(11)12-9-6-4-5-7-9/h11-12H,7-10H2,1-6H3;10-12H,6-9H2,1-5H3;9-11H,4-8H2,1-3H3;8-11H,3-7H2,1-2H3;10H,4-9H2,1-3H3;9-10H,3-8H2,1-2H3;8-9H,3-7H2,1-2H3. The summed E-state index contributed by atoms with van der Waals surface area (Å²) in [5.41, 5.74) is 0.0568. The molecule has 14 heteroatoms. The van der Waals surface area contributed by atoms with Crippen LogP contribution in [0.5, 0.6) is 0 Å². The topological polar surface area (TPSA) is 184 Å². The Morgan fingerprint density at radius 3 is 0.913 bits per heavy atom. The lowest BCUT2D eigenvalue weighted by molar-refractivity contribution is -0.168. The van der Waals surface area contributed by atoms with Crippen molar-refractivity contribution >= 4 is 41.8 Å². The summed E-state index contributed by atoms with van der Waals surface area (Å²) in [5.74, 6) is 4.77. The molecule has 0 aromatic rings. The van der Waals surface area contributed by atoms with Gasteiger partial charge in [0.25, 0.3) is 0 Å². The molecule has 16 unspecified atom stereocenters. The molecule has 103 heavy (non-hydrogen) atoms. The van der Waals surface area contributed by atoms with Gasteiger partial charge in [-0.25, -0.2) is 0 Å². The van der Waals surface area contributed by atoms with Gasteiger partial charge >= 0.3 is 41.8 Å². The van der Waals surface area contributed by atoms with Crippen molar-refractivity contribution in [1.29, 1.82) is 0 Å². The highest BCUT2D eigenvalue weighted by Gasteiger charge is 2.64. The molecule has 11 saturated carbocycles. The third-order valence-electron chi connectivity index (χ3n) is 29.4. The van der Waals surface area contributed by atoms with E-state index in [1.807, 2.05) is 118 Å². The average Bonchev–Trinajstić information content (AvgIpc) is 1.57. The smallest absolute Gasteiger partial charge is 0.311 e. The van der Waals surface area contributed by atoms with E-state index in [9.17, 15) is 33.6 Å². The Hall–Kier alpha value is -3.71. The first-order chi connectivity index (χ1) is 48.2. The van der Waals surface area contributed by atoms with Crippen LogP contribution in [0.3, 0.4) is 0 Å². The van der Waals surface area contributed by atoms with Crippen LogP contribution in [-0.4, -0.2) is 84.5 Å². The van der Waals surface area contributed by atoms with Crippen LogP contribution in [0.15, 0.2) is 0 Å². The van der Waals surface area contributed by atoms with Crippen LogP contribution < -0.4 is 0 Å². The molecule has 11 aliphatic rings. The summed E-state index contributed by atoms with van der Waals surface area (Å²) in [4.78, 5) is 82.2. The van der Waals surface area contributed by atoms with Crippen molar-refractivity contribution in [3.63, 3.8) is 0 Å². The fraction of sp³-hybridized carbons (Fsp3) is 0.921. The molecule has 8 bridgehead atoms. The number of hydrogen-bond acceptors (Lipinski definition) is 14. The maximum Gasteiger partial charge on any atom is 0.311 e. The zero-order valence-electron chi connectivity index (χ0n) is 70.3. The summed E-state index contributed by atoms with van der Waals surface area (Å²) in [6.07, 6.45) is 41.1. The van der Waals surface area contributed by atoms with Crippen molar-refractivity contribution in [2.75, 3.05) is 0 Å². The largest absolute Gasteiger partial charge is 0.462 e. The third-order valence-corrected chi connectivity index (χ3v) is 29.4. The van der Waals surface area contributed by atoms with Gasteiger partial charge in [-0.15, -0.1) is 0 Å². The molecular formula is C89H156O14. The van der Waals surface area contributed by atoms with Gasteiger partial charge in [0.2, 0.25) is 0 Å². The molecule has 16 atom stereocenters. The molecule has 0 aromatic heterocycles. The van der Waals surface area contributed by atoms with Crippen LogP contribution in [0.1, 0.15) is 384 Å². The van der Waals surface area contributed by atoms with Crippen molar-refractivity contribution in [3.8, 4) is 0 Å². The maximum atomic E-state index is 12.3. The van der Waals surface area contributed by atoms with E-state index in [1.54, 1.807) is 0 Å². The van der Waals surface area contributed by atoms with Crippen molar-refractivity contribution in [2.45, 2.75) is 427 Å². The summed E-state index contributed by atoms with van der Waals surface area (Å²) in [6.45, 7) is 47.9. The van der Waals surface area contributed by atoms with Gasteiger partial charge in [0.05, 0.1) is 39.9 Å². The van der Waals surface area contributed by atoms with Gasteiger partial charge in [-0.3, -0.25) is 33.6 Å². The zero-order chi connectivity index (χ0) is 77.1. The number of carbonyl (C=O) groups excluding carboxylic acids is 7. The number of rotatable bonds is 21. The van der Waals surface area contributed by atoms with E-state index in [-0.39, 0.29) is 135 Å². The molecule has 0 saturated heterocycles. The Bertz CT molecular complexity index is 2640. The van der Waals surface area contributed by atoms with Crippen molar-refractivity contribution in [2.24, 2.45) is 97.1 Å². The Kier molecular flexibility index (Phi) is 35.0. The molecular weight excluding hydrogens is 1290 g/mol. The molecule has 14 nitrogen and oxygen atoms in total. The van der Waals surface area contributed by atoms with Gasteiger partial charge in [0, 0.05) is 10.8 Å². The lowest BCUT2D eigenvalue weighted by Gasteiger charge is -2.39. The molecule has 596 valence electrons. The predicted octanol–water partition coefficient (Wildman–Crippen LogP) is 22.6. The molecule has 11 fully saturated rings. The lowest BCUT2D eigenvalue weighted by Crippen LogP contribution is -2.40. The molecule has 0 N–H and O–H groups in total. The second-order valence-corrected chi connectivity index (χ2v) is 38.0. The van der Waals surface area contributed by atoms with Gasteiger partial charge in [-0.05, 0) is 300 Å². The number of carbonyl (C=O) groups is 7. The van der Waals surface area contributed by atoms with Crippen molar-refractivity contribution in [3.05, 3.63) is 0 Å². The Morgan fingerprint density at radius 2 is 0.621 bits per heavy atom. The highest BCUT2D eigenvalue weighted by Crippen LogP contribution is 2.67. The van der Waals surface area contributed by atoms with Gasteiger partial charge in [-0.2, -0.15) is 0 Å². The van der Waals surface area contributed by atoms with E-state index in [2.05, 4.69) is 41.5 Å². The molecule has 11 aliphatic carbocycles. The average molecular weight is 1450 g/mol. The number of ether oxygens (including phenoxy) is 7. The Morgan fingerprint density at radius 1 is 0.330 bits per heavy atom. The summed E-state index contributed by atoms with van der Waals surface area (Å²) < 4.78 is 39.2. The first-order valence-corrected chi connectivity index (χ1v) is 42.7. The summed E-state index contributed by atoms with van der Waals surface area (Å²) in [5, 5.41) is 0. The van der Waals surface area contributed by atoms with Crippen molar-refractivity contribution < 1.29 is 66.7 Å². The van der Waals surface area contributed by atoms with Crippen molar-refractivity contribution in [1.82, 2.24) is 0 Å². The zero-order valence-corrected chi connectivity index (χ0v) is 70.3. The third kappa shape index (κ3) is 24.1. The first-order valence-electron chi connectivity index (χ1n) is 42.7. The summed E-state index contributed by atoms with van der Waals surface area (Å²) >= 11 is 0. The van der Waals surface area contributed by atoms with E-state index in [4.69, 9.17) is 33.2 Å². The number of hydrogen-bond donors (Lipinski definition) is 0. The van der Waals surface area contributed by atoms with Gasteiger partial charge < -0.3 is 33.2 Å². The van der Waals surface area contributed by atoms with E-state index in [0.717, 1.165) is 133 Å². The van der Waals surface area contributed by atoms with Crippen LogP contribution in [0.2, 0.25) is 0 Å². The quantitative estimate of drug-likeness (QED) is 0.0781. The van der Waals surface area contributed by atoms with E-state index < -0.39 is 0 Å². The van der Waals surface area contributed by atoms with Crippen LogP contribution in [-0.2, 0) is 66.7 Å². The highest BCUT2D eigenvalue weighted by atomic mass is 16.6. The minimum Gasteiger partial charge on any atom is -0.462 e. The molecule has 11 rings (SSSR count). The maximum absolute atomic E-state index is 12.3. The molecule has 0 amide bonds. The first kappa shape index (κ1) is 89.9. The predicted molar refractivity (Wildman–Crippen MR) is 413 cm³/mol. The SMILES string of the molecule is CCC(C)(C)C(=O)OC1CC2CCC1(C)C2(C)C.CCC(C)(C)C(=O)OC1CC2CCC1C2.CCC(C)(C)C(=O)OC1CCCCC1.CCC(C)C(=O)OC1CC2CCC1(C)C2(C)C.CCC(C)C(=O)OC1CC2CCC1C2.CCC(C)C(=O)OC1CCCC1.CCC(C)C(=O)OC1CCCCC1.